The highest BCUT2D eigenvalue weighted by atomic mass is 32.1. The molecule has 0 unspecified atom stereocenters. The van der Waals surface area contributed by atoms with Crippen LogP contribution in [-0.4, -0.2) is 37.3 Å². The third-order valence-electron chi connectivity index (χ3n) is 2.79. The molecule has 21 heavy (non-hydrogen) atoms. The number of methoxy groups -OCH3 is 1. The second kappa shape index (κ2) is 6.04. The molecule has 0 atom stereocenters. The molecule has 0 amide bonds. The van der Waals surface area contributed by atoms with E-state index in [-0.39, 0.29) is 0 Å². The SMILES string of the molecule is COCc1nnc(-n2nnc(CN)c2-c2ccncc2)s1. The summed E-state index contributed by atoms with van der Waals surface area (Å²) in [6.07, 6.45) is 3.42. The van der Waals surface area contributed by atoms with Crippen molar-refractivity contribution < 1.29 is 4.74 Å². The van der Waals surface area contributed by atoms with E-state index in [1.807, 2.05) is 12.1 Å². The van der Waals surface area contributed by atoms with Crippen molar-refractivity contribution in [2.45, 2.75) is 13.2 Å². The van der Waals surface area contributed by atoms with Crippen LogP contribution >= 0.6 is 11.3 Å². The number of nitrogens with two attached hydrogens (primary N) is 1. The molecule has 0 radical (unpaired) electrons. The molecule has 3 aromatic rings. The van der Waals surface area contributed by atoms with E-state index in [0.717, 1.165) is 16.3 Å². The van der Waals surface area contributed by atoms with Gasteiger partial charge in [0.1, 0.15) is 23.0 Å². The molecule has 9 heteroatoms. The molecule has 108 valence electrons. The van der Waals surface area contributed by atoms with Crippen LogP contribution in [-0.2, 0) is 17.9 Å². The molecule has 3 aromatic heterocycles. The van der Waals surface area contributed by atoms with Gasteiger partial charge in [0.05, 0.1) is 0 Å². The zero-order valence-electron chi connectivity index (χ0n) is 11.3. The Hall–Kier alpha value is -2.23. The number of hydrogen-bond donors (Lipinski definition) is 1. The van der Waals surface area contributed by atoms with E-state index < -0.39 is 0 Å². The summed E-state index contributed by atoms with van der Waals surface area (Å²) < 4.78 is 6.70. The van der Waals surface area contributed by atoms with Crippen LogP contribution in [0.25, 0.3) is 16.4 Å². The molecule has 0 aliphatic rings. The summed E-state index contributed by atoms with van der Waals surface area (Å²) in [5, 5.41) is 17.9. The maximum atomic E-state index is 5.75. The Morgan fingerprint density at radius 3 is 2.76 bits per heavy atom. The van der Waals surface area contributed by atoms with E-state index in [9.17, 15) is 0 Å². The molecule has 8 nitrogen and oxygen atoms in total. The van der Waals surface area contributed by atoms with Crippen molar-refractivity contribution in [2.24, 2.45) is 5.73 Å². The van der Waals surface area contributed by atoms with E-state index >= 15 is 0 Å². The zero-order chi connectivity index (χ0) is 14.7. The maximum absolute atomic E-state index is 5.75. The fourth-order valence-electron chi connectivity index (χ4n) is 1.90. The molecule has 0 saturated heterocycles. The molecule has 0 spiro atoms. The number of hydrogen-bond acceptors (Lipinski definition) is 8. The Morgan fingerprint density at radius 1 is 1.24 bits per heavy atom. The fourth-order valence-corrected chi connectivity index (χ4v) is 2.66. The Morgan fingerprint density at radius 2 is 2.05 bits per heavy atom. The minimum atomic E-state index is 0.293. The molecule has 0 aromatic carbocycles. The van der Waals surface area contributed by atoms with Gasteiger partial charge in [-0.2, -0.15) is 4.68 Å². The van der Waals surface area contributed by atoms with Crippen molar-refractivity contribution in [3.63, 3.8) is 0 Å². The fraction of sp³-hybridized carbons (Fsp3) is 0.250. The first-order valence-electron chi connectivity index (χ1n) is 6.20. The lowest BCUT2D eigenvalue weighted by Gasteiger charge is -2.04. The minimum absolute atomic E-state index is 0.293. The first-order chi connectivity index (χ1) is 10.3. The average Bonchev–Trinajstić information content (AvgIpc) is 3.14. The van der Waals surface area contributed by atoms with Crippen molar-refractivity contribution in [1.82, 2.24) is 30.2 Å². The minimum Gasteiger partial charge on any atom is -0.377 e. The van der Waals surface area contributed by atoms with Crippen molar-refractivity contribution in [1.29, 1.82) is 0 Å². The number of nitrogens with zero attached hydrogens (tertiary/aromatic N) is 6. The second-order valence-electron chi connectivity index (χ2n) is 4.15. The molecule has 0 aliphatic carbocycles. The predicted octanol–water partition coefficient (Wildman–Crippen LogP) is 0.786. The van der Waals surface area contributed by atoms with Crippen LogP contribution in [0.15, 0.2) is 24.5 Å². The molecule has 0 bridgehead atoms. The lowest BCUT2D eigenvalue weighted by Crippen LogP contribution is -2.02. The molecular weight excluding hydrogens is 290 g/mol. The van der Waals surface area contributed by atoms with Crippen molar-refractivity contribution in [3.05, 3.63) is 35.2 Å². The number of ether oxygens (including phenoxy) is 1. The van der Waals surface area contributed by atoms with Gasteiger partial charge in [-0.1, -0.05) is 16.6 Å². The normalized spacial score (nSPS) is 11.0. The van der Waals surface area contributed by atoms with E-state index in [0.29, 0.717) is 24.0 Å². The van der Waals surface area contributed by atoms with Crippen molar-refractivity contribution in [2.75, 3.05) is 7.11 Å². The quantitative estimate of drug-likeness (QED) is 0.742. The lowest BCUT2D eigenvalue weighted by atomic mass is 10.1. The number of aromatic nitrogens is 6. The topological polar surface area (TPSA) is 105 Å². The van der Waals surface area contributed by atoms with E-state index in [4.69, 9.17) is 10.5 Å². The number of pyridine rings is 1. The largest absolute Gasteiger partial charge is 0.377 e. The summed E-state index contributed by atoms with van der Waals surface area (Å²) in [5.74, 6) is 0. The van der Waals surface area contributed by atoms with Gasteiger partial charge in [0, 0.05) is 31.6 Å². The molecule has 0 fully saturated rings. The van der Waals surface area contributed by atoms with Gasteiger partial charge in [0.2, 0.25) is 5.13 Å². The van der Waals surface area contributed by atoms with Crippen LogP contribution in [0, 0.1) is 0 Å². The molecular formula is C12H13N7OS. The Kier molecular flexibility index (Phi) is 3.95. The highest BCUT2D eigenvalue weighted by Crippen LogP contribution is 2.26. The molecule has 0 aliphatic heterocycles. The Balaban J connectivity index is 2.08. The summed E-state index contributed by atoms with van der Waals surface area (Å²) in [7, 11) is 1.62. The van der Waals surface area contributed by atoms with E-state index in [2.05, 4.69) is 25.5 Å². The monoisotopic (exact) mass is 303 g/mol. The van der Waals surface area contributed by atoms with Gasteiger partial charge in [0.15, 0.2) is 0 Å². The summed E-state index contributed by atoms with van der Waals surface area (Å²) in [6.45, 7) is 0.710. The molecule has 2 N–H and O–H groups in total. The smallest absolute Gasteiger partial charge is 0.234 e. The van der Waals surface area contributed by atoms with Gasteiger partial charge >= 0.3 is 0 Å². The van der Waals surface area contributed by atoms with Gasteiger partial charge in [0.25, 0.3) is 0 Å². The second-order valence-corrected chi connectivity index (χ2v) is 5.19. The molecule has 3 rings (SSSR count). The van der Waals surface area contributed by atoms with E-state index in [1.165, 1.54) is 11.3 Å². The van der Waals surface area contributed by atoms with Crippen LogP contribution in [0.3, 0.4) is 0 Å². The highest BCUT2D eigenvalue weighted by Gasteiger charge is 2.18. The number of rotatable bonds is 5. The third kappa shape index (κ3) is 2.66. The Labute approximate surface area is 124 Å². The first-order valence-corrected chi connectivity index (χ1v) is 7.02. The van der Waals surface area contributed by atoms with Crippen LogP contribution in [0.1, 0.15) is 10.7 Å². The average molecular weight is 303 g/mol. The van der Waals surface area contributed by atoms with Crippen molar-refractivity contribution in [3.8, 4) is 16.4 Å². The summed E-state index contributed by atoms with van der Waals surface area (Å²) >= 11 is 1.40. The van der Waals surface area contributed by atoms with Gasteiger partial charge in [-0.25, -0.2) is 0 Å². The van der Waals surface area contributed by atoms with Crippen LogP contribution < -0.4 is 5.73 Å². The summed E-state index contributed by atoms with van der Waals surface area (Å²) in [5.41, 5.74) is 8.18. The van der Waals surface area contributed by atoms with Gasteiger partial charge in [-0.15, -0.1) is 15.3 Å². The van der Waals surface area contributed by atoms with Gasteiger partial charge in [-0.05, 0) is 12.1 Å². The summed E-state index contributed by atoms with van der Waals surface area (Å²) in [6, 6.07) is 3.76. The van der Waals surface area contributed by atoms with Gasteiger partial charge in [-0.3, -0.25) is 4.98 Å². The molecule has 3 heterocycles. The predicted molar refractivity (Wildman–Crippen MR) is 76.7 cm³/mol. The zero-order valence-corrected chi connectivity index (χ0v) is 12.1. The highest BCUT2D eigenvalue weighted by molar-refractivity contribution is 7.13. The van der Waals surface area contributed by atoms with Gasteiger partial charge < -0.3 is 10.5 Å². The Bertz CT molecular complexity index is 724. The maximum Gasteiger partial charge on any atom is 0.234 e. The lowest BCUT2D eigenvalue weighted by molar-refractivity contribution is 0.184. The third-order valence-corrected chi connectivity index (χ3v) is 3.66. The standard InChI is InChI=1S/C12H13N7OS/c1-20-7-10-16-17-12(21-10)19-11(9(6-13)15-18-19)8-2-4-14-5-3-8/h2-5H,6-7,13H2,1H3. The van der Waals surface area contributed by atoms with Crippen molar-refractivity contribution >= 4 is 11.3 Å². The summed E-state index contributed by atoms with van der Waals surface area (Å²) in [4.78, 5) is 4.02. The van der Waals surface area contributed by atoms with Crippen LogP contribution in [0.5, 0.6) is 0 Å². The van der Waals surface area contributed by atoms with Crippen LogP contribution in [0.2, 0.25) is 0 Å². The first kappa shape index (κ1) is 13.7. The van der Waals surface area contributed by atoms with Crippen LogP contribution in [0.4, 0.5) is 0 Å². The van der Waals surface area contributed by atoms with E-state index in [1.54, 1.807) is 24.2 Å². The molecule has 0 saturated carbocycles.